The number of ether oxygens (including phenoxy) is 1. The zero-order chi connectivity index (χ0) is 11.7. The first-order valence-electron chi connectivity index (χ1n) is 5.66. The molecule has 1 heterocycles. The van der Waals surface area contributed by atoms with Gasteiger partial charge in [0.15, 0.2) is 5.78 Å². The van der Waals surface area contributed by atoms with Gasteiger partial charge in [-0.3, -0.25) is 4.79 Å². The third kappa shape index (κ3) is 1.89. The van der Waals surface area contributed by atoms with Gasteiger partial charge in [0, 0.05) is 19.5 Å². The Morgan fingerprint density at radius 1 is 1.44 bits per heavy atom. The molecule has 4 heteroatoms. The Morgan fingerprint density at radius 3 is 2.88 bits per heavy atom. The molecule has 0 saturated carbocycles. The van der Waals surface area contributed by atoms with Gasteiger partial charge >= 0.3 is 5.97 Å². The van der Waals surface area contributed by atoms with Gasteiger partial charge in [-0.1, -0.05) is 0 Å². The number of hydrogen-bond donors (Lipinski definition) is 0. The lowest BCUT2D eigenvalue weighted by molar-refractivity contribution is -0.138. The molecule has 1 aliphatic carbocycles. The molecule has 0 bridgehead atoms. The number of esters is 1. The van der Waals surface area contributed by atoms with Crippen LogP contribution in [0.2, 0.25) is 0 Å². The van der Waals surface area contributed by atoms with Crippen molar-refractivity contribution in [2.75, 3.05) is 27.2 Å². The summed E-state index contributed by atoms with van der Waals surface area (Å²) in [6.45, 7) is 1.86. The molecule has 88 valence electrons. The summed E-state index contributed by atoms with van der Waals surface area (Å²) in [6.07, 6.45) is 2.17. The van der Waals surface area contributed by atoms with Crippen molar-refractivity contribution >= 4 is 11.8 Å². The smallest absolute Gasteiger partial charge is 0.341 e. The van der Waals surface area contributed by atoms with Gasteiger partial charge in [-0.2, -0.15) is 0 Å². The maximum absolute atomic E-state index is 11.8. The van der Waals surface area contributed by atoms with E-state index in [1.165, 1.54) is 7.11 Å². The average Bonchev–Trinajstić information content (AvgIpc) is 2.28. The summed E-state index contributed by atoms with van der Waals surface area (Å²) in [7, 11) is 3.41. The minimum absolute atomic E-state index is 0.0392. The van der Waals surface area contributed by atoms with Gasteiger partial charge in [0.1, 0.15) is 5.57 Å². The molecule has 1 fully saturated rings. The van der Waals surface area contributed by atoms with Crippen molar-refractivity contribution < 1.29 is 14.3 Å². The fourth-order valence-corrected chi connectivity index (χ4v) is 2.64. The number of nitrogens with zero attached hydrogens (tertiary/aromatic N) is 1. The van der Waals surface area contributed by atoms with E-state index in [9.17, 15) is 9.59 Å². The molecule has 2 rings (SSSR count). The lowest BCUT2D eigenvalue weighted by atomic mass is 9.78. The number of ketones is 1. The zero-order valence-electron chi connectivity index (χ0n) is 9.78. The first-order valence-corrected chi connectivity index (χ1v) is 5.66. The number of fused-ring (bicyclic) bond motifs is 1. The molecule has 0 aromatic heterocycles. The summed E-state index contributed by atoms with van der Waals surface area (Å²) in [5, 5.41) is 0. The van der Waals surface area contributed by atoms with Crippen molar-refractivity contribution in [3.05, 3.63) is 11.1 Å². The molecular formula is C12H17NO3. The Morgan fingerprint density at radius 2 is 2.19 bits per heavy atom. The van der Waals surface area contributed by atoms with Crippen molar-refractivity contribution in [2.24, 2.45) is 5.92 Å². The number of likely N-dealkylation sites (tertiary alicyclic amines) is 1. The van der Waals surface area contributed by atoms with Crippen LogP contribution in [0.15, 0.2) is 11.1 Å². The molecule has 1 aliphatic heterocycles. The Hall–Kier alpha value is -1.16. The van der Waals surface area contributed by atoms with Gasteiger partial charge in [-0.25, -0.2) is 4.79 Å². The summed E-state index contributed by atoms with van der Waals surface area (Å²) >= 11 is 0. The number of hydrogen-bond acceptors (Lipinski definition) is 4. The standard InChI is InChI=1S/C12H17NO3/c1-13-6-5-9-8(7-13)3-4-10(14)11(9)12(15)16-2/h8H,3-7H2,1-2H3/t8-/m1/s1. The third-order valence-electron chi connectivity index (χ3n) is 3.50. The largest absolute Gasteiger partial charge is 0.465 e. The number of methoxy groups -OCH3 is 1. The van der Waals surface area contributed by atoms with E-state index >= 15 is 0 Å². The highest BCUT2D eigenvalue weighted by atomic mass is 16.5. The van der Waals surface area contributed by atoms with Crippen LogP contribution < -0.4 is 0 Å². The Bertz CT molecular complexity index is 359. The van der Waals surface area contributed by atoms with E-state index in [-0.39, 0.29) is 5.78 Å². The highest BCUT2D eigenvalue weighted by Crippen LogP contribution is 2.34. The van der Waals surface area contributed by atoms with Crippen LogP contribution in [0.4, 0.5) is 0 Å². The first-order chi connectivity index (χ1) is 7.63. The fraction of sp³-hybridized carbons (Fsp3) is 0.667. The molecule has 4 nitrogen and oxygen atoms in total. The second kappa shape index (κ2) is 4.37. The van der Waals surface area contributed by atoms with E-state index in [2.05, 4.69) is 11.9 Å². The maximum Gasteiger partial charge on any atom is 0.341 e. The summed E-state index contributed by atoms with van der Waals surface area (Å²) in [4.78, 5) is 25.6. The van der Waals surface area contributed by atoms with Crippen LogP contribution in [0.1, 0.15) is 19.3 Å². The topological polar surface area (TPSA) is 46.6 Å². The third-order valence-corrected chi connectivity index (χ3v) is 3.50. The summed E-state index contributed by atoms with van der Waals surface area (Å²) in [5.41, 5.74) is 1.37. The van der Waals surface area contributed by atoms with Crippen LogP contribution in [0.25, 0.3) is 0 Å². The maximum atomic E-state index is 11.8. The zero-order valence-corrected chi connectivity index (χ0v) is 9.78. The number of carbonyl (C=O) groups is 2. The SMILES string of the molecule is COC(=O)C1=C2CCN(C)C[C@H]2CCC1=O. The van der Waals surface area contributed by atoms with Gasteiger partial charge in [0.2, 0.25) is 0 Å². The molecule has 0 spiro atoms. The molecule has 0 aromatic rings. The van der Waals surface area contributed by atoms with Crippen LogP contribution in [-0.2, 0) is 14.3 Å². The average molecular weight is 223 g/mol. The lowest BCUT2D eigenvalue weighted by Gasteiger charge is -2.35. The van der Waals surface area contributed by atoms with Crippen molar-refractivity contribution in [1.82, 2.24) is 4.90 Å². The molecule has 0 N–H and O–H groups in total. The molecule has 0 aromatic carbocycles. The van der Waals surface area contributed by atoms with Crippen LogP contribution >= 0.6 is 0 Å². The first kappa shape index (κ1) is 11.3. The van der Waals surface area contributed by atoms with E-state index in [1.807, 2.05) is 0 Å². The number of piperidine rings is 1. The van der Waals surface area contributed by atoms with Crippen molar-refractivity contribution in [3.8, 4) is 0 Å². The summed E-state index contributed by atoms with van der Waals surface area (Å²) in [6, 6.07) is 0. The highest BCUT2D eigenvalue weighted by Gasteiger charge is 2.35. The molecule has 1 atom stereocenters. The van der Waals surface area contributed by atoms with Crippen molar-refractivity contribution in [3.63, 3.8) is 0 Å². The molecule has 1 saturated heterocycles. The second-order valence-corrected chi connectivity index (χ2v) is 4.56. The molecule has 0 unspecified atom stereocenters. The lowest BCUT2D eigenvalue weighted by Crippen LogP contribution is -2.38. The van der Waals surface area contributed by atoms with E-state index in [0.29, 0.717) is 17.9 Å². The summed E-state index contributed by atoms with van der Waals surface area (Å²) in [5.74, 6) is -0.123. The van der Waals surface area contributed by atoms with Crippen LogP contribution in [0, 0.1) is 5.92 Å². The van der Waals surface area contributed by atoms with Gasteiger partial charge < -0.3 is 9.64 Å². The quantitative estimate of drug-likeness (QED) is 0.486. The molecule has 2 aliphatic rings. The molecule has 0 radical (unpaired) electrons. The molecular weight excluding hydrogens is 206 g/mol. The van der Waals surface area contributed by atoms with E-state index in [4.69, 9.17) is 4.74 Å². The van der Waals surface area contributed by atoms with Crippen molar-refractivity contribution in [2.45, 2.75) is 19.3 Å². The number of rotatable bonds is 1. The molecule has 0 amide bonds. The van der Waals surface area contributed by atoms with E-state index in [0.717, 1.165) is 31.5 Å². The minimum atomic E-state index is -0.450. The predicted octanol–water partition coefficient (Wildman–Crippen LogP) is 0.771. The van der Waals surface area contributed by atoms with Gasteiger partial charge in [0.05, 0.1) is 7.11 Å². The van der Waals surface area contributed by atoms with Crippen LogP contribution in [-0.4, -0.2) is 43.9 Å². The monoisotopic (exact) mass is 223 g/mol. The predicted molar refractivity (Wildman–Crippen MR) is 58.9 cm³/mol. The Kier molecular flexibility index (Phi) is 3.10. The number of Topliss-reactive ketones (excluding diaryl/α,β-unsaturated/α-hetero) is 1. The van der Waals surface area contributed by atoms with Gasteiger partial charge in [0.25, 0.3) is 0 Å². The van der Waals surface area contributed by atoms with Crippen LogP contribution in [0.5, 0.6) is 0 Å². The van der Waals surface area contributed by atoms with Crippen molar-refractivity contribution in [1.29, 1.82) is 0 Å². The minimum Gasteiger partial charge on any atom is -0.465 e. The Balaban J connectivity index is 2.34. The van der Waals surface area contributed by atoms with Crippen LogP contribution in [0.3, 0.4) is 0 Å². The fourth-order valence-electron chi connectivity index (χ4n) is 2.64. The van der Waals surface area contributed by atoms with E-state index in [1.54, 1.807) is 0 Å². The van der Waals surface area contributed by atoms with Gasteiger partial charge in [-0.05, 0) is 31.4 Å². The Labute approximate surface area is 95.2 Å². The van der Waals surface area contributed by atoms with Gasteiger partial charge in [-0.15, -0.1) is 0 Å². The second-order valence-electron chi connectivity index (χ2n) is 4.56. The number of carbonyl (C=O) groups excluding carboxylic acids is 2. The summed E-state index contributed by atoms with van der Waals surface area (Å²) < 4.78 is 4.70. The normalized spacial score (nSPS) is 26.6. The highest BCUT2D eigenvalue weighted by molar-refractivity contribution is 6.18. The molecule has 16 heavy (non-hydrogen) atoms. The van der Waals surface area contributed by atoms with E-state index < -0.39 is 5.97 Å².